The van der Waals surface area contributed by atoms with Crippen LogP contribution in [-0.4, -0.2) is 0 Å². The smallest absolute Gasteiger partial charge is 0.0178 e. The normalized spacial score (nSPS) is 17.5. The number of hydrogen-bond donors (Lipinski definition) is 0. The van der Waals surface area contributed by atoms with Gasteiger partial charge in [0.25, 0.3) is 0 Å². The number of fused-ring (bicyclic) bond motifs is 1. The number of rotatable bonds is 2. The predicted octanol–water partition coefficient (Wildman–Crippen LogP) is 6.09. The first-order chi connectivity index (χ1) is 8.49. The molecular formula is C17H23Br. The van der Waals surface area contributed by atoms with Crippen molar-refractivity contribution in [2.45, 2.75) is 58.8 Å². The molecule has 18 heavy (non-hydrogen) atoms. The molecule has 0 nitrogen and oxygen atoms in total. The van der Waals surface area contributed by atoms with Crippen molar-refractivity contribution in [2.24, 2.45) is 0 Å². The summed E-state index contributed by atoms with van der Waals surface area (Å²) in [5.41, 5.74) is 6.55. The lowest BCUT2D eigenvalue weighted by Crippen LogP contribution is -2.23. The predicted molar refractivity (Wildman–Crippen MR) is 83.9 cm³/mol. The summed E-state index contributed by atoms with van der Waals surface area (Å²) in [5, 5.41) is 0. The molecule has 0 radical (unpaired) electrons. The van der Waals surface area contributed by atoms with E-state index in [4.69, 9.17) is 0 Å². The highest BCUT2D eigenvalue weighted by molar-refractivity contribution is 9.10. The van der Waals surface area contributed by atoms with E-state index in [1.165, 1.54) is 41.3 Å². The summed E-state index contributed by atoms with van der Waals surface area (Å²) in [6.07, 6.45) is 4.86. The second kappa shape index (κ2) is 5.21. The Morgan fingerprint density at radius 3 is 2.50 bits per heavy atom. The number of hydrogen-bond acceptors (Lipinski definition) is 0. The molecule has 1 aromatic rings. The zero-order chi connectivity index (χ0) is 13.3. The van der Waals surface area contributed by atoms with Gasteiger partial charge in [0, 0.05) is 4.47 Å². The van der Waals surface area contributed by atoms with Crippen molar-refractivity contribution in [1.82, 2.24) is 0 Å². The molecule has 1 aliphatic rings. The maximum absolute atomic E-state index is 3.62. The Morgan fingerprint density at radius 1 is 1.22 bits per heavy atom. The van der Waals surface area contributed by atoms with Crippen LogP contribution in [0.2, 0.25) is 0 Å². The summed E-state index contributed by atoms with van der Waals surface area (Å²) in [7, 11) is 0. The van der Waals surface area contributed by atoms with E-state index in [0.29, 0.717) is 5.41 Å². The Bertz CT molecular complexity index is 474. The molecule has 1 heteroatoms. The minimum atomic E-state index is 0.301. The summed E-state index contributed by atoms with van der Waals surface area (Å²) in [6.45, 7) is 9.30. The Balaban J connectivity index is 2.64. The molecule has 0 saturated heterocycles. The van der Waals surface area contributed by atoms with E-state index >= 15 is 0 Å². The Kier molecular flexibility index (Phi) is 4.01. The Hall–Kier alpha value is -0.560. The van der Waals surface area contributed by atoms with Crippen molar-refractivity contribution < 1.29 is 0 Å². The third kappa shape index (κ3) is 2.42. The van der Waals surface area contributed by atoms with Crippen LogP contribution in [0.1, 0.15) is 64.5 Å². The maximum Gasteiger partial charge on any atom is 0.0178 e. The topological polar surface area (TPSA) is 0 Å². The lowest BCUT2D eigenvalue weighted by atomic mass is 9.70. The van der Waals surface area contributed by atoms with Crippen LogP contribution in [0.15, 0.2) is 28.2 Å². The van der Waals surface area contributed by atoms with Crippen molar-refractivity contribution in [3.05, 3.63) is 39.4 Å². The molecule has 1 aliphatic carbocycles. The molecule has 0 fully saturated rings. The van der Waals surface area contributed by atoms with Crippen molar-refractivity contribution in [3.8, 4) is 0 Å². The zero-order valence-electron chi connectivity index (χ0n) is 11.9. The third-order valence-corrected chi connectivity index (χ3v) is 4.81. The monoisotopic (exact) mass is 306 g/mol. The Labute approximate surface area is 120 Å². The average Bonchev–Trinajstić information content (AvgIpc) is 2.34. The van der Waals surface area contributed by atoms with Gasteiger partial charge in [-0.05, 0) is 59.9 Å². The molecule has 0 spiro atoms. The van der Waals surface area contributed by atoms with E-state index in [1.54, 1.807) is 11.1 Å². The van der Waals surface area contributed by atoms with Gasteiger partial charge in [0.1, 0.15) is 0 Å². The zero-order valence-corrected chi connectivity index (χ0v) is 13.5. The van der Waals surface area contributed by atoms with E-state index in [0.717, 1.165) is 0 Å². The highest BCUT2D eigenvalue weighted by Crippen LogP contribution is 2.44. The fourth-order valence-electron chi connectivity index (χ4n) is 3.09. The third-order valence-electron chi connectivity index (χ3n) is 4.32. The van der Waals surface area contributed by atoms with E-state index in [9.17, 15) is 0 Å². The summed E-state index contributed by atoms with van der Waals surface area (Å²) in [4.78, 5) is 0. The van der Waals surface area contributed by atoms with Crippen LogP contribution in [0.25, 0.3) is 5.57 Å². The van der Waals surface area contributed by atoms with Crippen molar-refractivity contribution in [1.29, 1.82) is 0 Å². The van der Waals surface area contributed by atoms with E-state index in [2.05, 4.69) is 61.8 Å². The fourth-order valence-corrected chi connectivity index (χ4v) is 3.45. The van der Waals surface area contributed by atoms with Crippen LogP contribution >= 0.6 is 15.9 Å². The highest BCUT2D eigenvalue weighted by Gasteiger charge is 2.30. The first-order valence-electron chi connectivity index (χ1n) is 7.01. The van der Waals surface area contributed by atoms with Gasteiger partial charge >= 0.3 is 0 Å². The molecule has 0 atom stereocenters. The molecule has 0 amide bonds. The van der Waals surface area contributed by atoms with Gasteiger partial charge in [0.15, 0.2) is 0 Å². The quantitative estimate of drug-likeness (QED) is 0.620. The molecule has 0 N–H and O–H groups in total. The van der Waals surface area contributed by atoms with E-state index in [1.807, 2.05) is 0 Å². The molecule has 0 aromatic heterocycles. The lowest BCUT2D eigenvalue weighted by Gasteiger charge is -2.35. The van der Waals surface area contributed by atoms with Gasteiger partial charge in [-0.3, -0.25) is 0 Å². The number of benzene rings is 1. The summed E-state index contributed by atoms with van der Waals surface area (Å²) < 4.78 is 1.20. The van der Waals surface area contributed by atoms with Gasteiger partial charge in [0.2, 0.25) is 0 Å². The van der Waals surface area contributed by atoms with Crippen molar-refractivity contribution in [2.75, 3.05) is 0 Å². The van der Waals surface area contributed by atoms with Crippen LogP contribution in [0.3, 0.4) is 0 Å². The standard InChI is InChI=1S/C17H23Br/c1-5-12(6-2)14-9-10-17(3,4)16-11-13(18)7-8-15(14)16/h7-8,11H,5-6,9-10H2,1-4H3. The molecular weight excluding hydrogens is 284 g/mol. The molecule has 98 valence electrons. The van der Waals surface area contributed by atoms with Crippen molar-refractivity contribution in [3.63, 3.8) is 0 Å². The summed E-state index contributed by atoms with van der Waals surface area (Å²) >= 11 is 3.62. The minimum Gasteiger partial charge on any atom is -0.0669 e. The van der Waals surface area contributed by atoms with Crippen LogP contribution < -0.4 is 0 Å². The maximum atomic E-state index is 3.62. The van der Waals surface area contributed by atoms with Gasteiger partial charge in [-0.2, -0.15) is 0 Å². The molecule has 0 bridgehead atoms. The summed E-state index contributed by atoms with van der Waals surface area (Å²) in [6, 6.07) is 6.81. The van der Waals surface area contributed by atoms with Gasteiger partial charge < -0.3 is 0 Å². The van der Waals surface area contributed by atoms with Crippen LogP contribution in [0.4, 0.5) is 0 Å². The molecule has 0 saturated carbocycles. The minimum absolute atomic E-state index is 0.301. The molecule has 0 aliphatic heterocycles. The fraction of sp³-hybridized carbons (Fsp3) is 0.529. The van der Waals surface area contributed by atoms with Gasteiger partial charge in [0.05, 0.1) is 0 Å². The lowest BCUT2D eigenvalue weighted by molar-refractivity contribution is 0.473. The largest absolute Gasteiger partial charge is 0.0669 e. The number of halogens is 1. The van der Waals surface area contributed by atoms with Gasteiger partial charge in [-0.1, -0.05) is 55.3 Å². The van der Waals surface area contributed by atoms with Crippen LogP contribution in [-0.2, 0) is 5.41 Å². The van der Waals surface area contributed by atoms with Crippen LogP contribution in [0.5, 0.6) is 0 Å². The summed E-state index contributed by atoms with van der Waals surface area (Å²) in [5.74, 6) is 0. The van der Waals surface area contributed by atoms with E-state index in [-0.39, 0.29) is 0 Å². The van der Waals surface area contributed by atoms with Crippen LogP contribution in [0, 0.1) is 0 Å². The molecule has 1 aromatic carbocycles. The first kappa shape index (κ1) is 13.9. The second-order valence-electron chi connectivity index (χ2n) is 5.86. The average molecular weight is 307 g/mol. The Morgan fingerprint density at radius 2 is 1.89 bits per heavy atom. The van der Waals surface area contributed by atoms with E-state index < -0.39 is 0 Å². The molecule has 2 rings (SSSR count). The van der Waals surface area contributed by atoms with Gasteiger partial charge in [-0.25, -0.2) is 0 Å². The molecule has 0 heterocycles. The van der Waals surface area contributed by atoms with Crippen molar-refractivity contribution >= 4 is 21.5 Å². The van der Waals surface area contributed by atoms with Gasteiger partial charge in [-0.15, -0.1) is 0 Å². The SMILES string of the molecule is CCC(CC)=C1CCC(C)(C)c2cc(Br)ccc21. The molecule has 0 unspecified atom stereocenters. The highest BCUT2D eigenvalue weighted by atomic mass is 79.9. The first-order valence-corrected chi connectivity index (χ1v) is 7.80. The second-order valence-corrected chi connectivity index (χ2v) is 6.78. The number of allylic oxidation sites excluding steroid dienone is 2.